The molecule has 3 rings (SSSR count). The highest BCUT2D eigenvalue weighted by Gasteiger charge is 2.30. The third-order valence-electron chi connectivity index (χ3n) is 3.20. The van der Waals surface area contributed by atoms with Gasteiger partial charge >= 0.3 is 6.18 Å². The van der Waals surface area contributed by atoms with E-state index in [-0.39, 0.29) is 0 Å². The van der Waals surface area contributed by atoms with Crippen molar-refractivity contribution < 1.29 is 18.0 Å². The van der Waals surface area contributed by atoms with E-state index >= 15 is 0 Å². The molecule has 0 radical (unpaired) electrons. The predicted molar refractivity (Wildman–Crippen MR) is 71.0 cm³/mol. The van der Waals surface area contributed by atoms with Gasteiger partial charge in [-0.25, -0.2) is 4.98 Å². The van der Waals surface area contributed by atoms with Crippen molar-refractivity contribution in [3.05, 3.63) is 59.9 Å². The second-order valence-electron chi connectivity index (χ2n) is 4.49. The first-order valence-electron chi connectivity index (χ1n) is 6.09. The number of alkyl halides is 3. The number of aromatic nitrogens is 2. The molecule has 2 heterocycles. The summed E-state index contributed by atoms with van der Waals surface area (Å²) in [6, 6.07) is 8.15. The Kier molecular flexibility index (Phi) is 3.01. The van der Waals surface area contributed by atoms with Crippen LogP contribution in [0.4, 0.5) is 13.2 Å². The fraction of sp³-hybridized carbons (Fsp3) is 0.0667. The lowest BCUT2D eigenvalue weighted by molar-refractivity contribution is -0.137. The van der Waals surface area contributed by atoms with Crippen molar-refractivity contribution in [1.82, 2.24) is 9.38 Å². The van der Waals surface area contributed by atoms with Crippen LogP contribution in [-0.2, 0) is 6.18 Å². The first-order chi connectivity index (χ1) is 10.0. The maximum absolute atomic E-state index is 12.6. The van der Waals surface area contributed by atoms with Crippen molar-refractivity contribution in [3.63, 3.8) is 0 Å². The number of fused-ring (bicyclic) bond motifs is 1. The fourth-order valence-corrected chi connectivity index (χ4v) is 2.17. The third kappa shape index (κ3) is 2.29. The first-order valence-corrected chi connectivity index (χ1v) is 6.09. The molecule has 21 heavy (non-hydrogen) atoms. The standard InChI is InChI=1S/C15H9F3N2O/c16-15(17,18)12-5-3-10(4-6-12)13-8-19-14-11(9-21)2-1-7-20(13)14/h1-9H. The zero-order valence-electron chi connectivity index (χ0n) is 10.6. The maximum atomic E-state index is 12.6. The molecule has 106 valence electrons. The van der Waals surface area contributed by atoms with Crippen LogP contribution in [0.15, 0.2) is 48.8 Å². The predicted octanol–water partition coefficient (Wildman–Crippen LogP) is 3.83. The largest absolute Gasteiger partial charge is 0.416 e. The van der Waals surface area contributed by atoms with Crippen molar-refractivity contribution in [1.29, 1.82) is 0 Å². The summed E-state index contributed by atoms with van der Waals surface area (Å²) in [5, 5.41) is 0. The lowest BCUT2D eigenvalue weighted by Gasteiger charge is -2.07. The Morgan fingerprint density at radius 3 is 2.43 bits per heavy atom. The highest BCUT2D eigenvalue weighted by Crippen LogP contribution is 2.31. The summed E-state index contributed by atoms with van der Waals surface area (Å²) in [5.41, 5.74) is 1.42. The maximum Gasteiger partial charge on any atom is 0.416 e. The first kappa shape index (κ1) is 13.4. The van der Waals surface area contributed by atoms with Crippen LogP contribution in [0.25, 0.3) is 16.9 Å². The number of halogens is 3. The van der Waals surface area contributed by atoms with Gasteiger partial charge in [0.1, 0.15) is 5.65 Å². The van der Waals surface area contributed by atoms with Gasteiger partial charge in [0, 0.05) is 11.8 Å². The van der Waals surface area contributed by atoms with E-state index in [0.29, 0.717) is 28.8 Å². The van der Waals surface area contributed by atoms with E-state index < -0.39 is 11.7 Å². The van der Waals surface area contributed by atoms with Gasteiger partial charge in [-0.05, 0) is 24.3 Å². The molecule has 0 unspecified atom stereocenters. The average Bonchev–Trinajstić information content (AvgIpc) is 2.90. The Labute approximate surface area is 117 Å². The van der Waals surface area contributed by atoms with E-state index in [2.05, 4.69) is 4.98 Å². The Hall–Kier alpha value is -2.63. The number of benzene rings is 1. The minimum atomic E-state index is -4.36. The summed E-state index contributed by atoms with van der Waals surface area (Å²) in [5.74, 6) is 0. The lowest BCUT2D eigenvalue weighted by Crippen LogP contribution is -2.04. The molecule has 6 heteroatoms. The van der Waals surface area contributed by atoms with E-state index in [1.54, 1.807) is 22.7 Å². The molecule has 2 aromatic heterocycles. The second kappa shape index (κ2) is 4.73. The number of imidazole rings is 1. The lowest BCUT2D eigenvalue weighted by atomic mass is 10.1. The molecule has 0 aliphatic rings. The van der Waals surface area contributed by atoms with Crippen LogP contribution in [0, 0.1) is 0 Å². The summed E-state index contributed by atoms with van der Waals surface area (Å²) in [6.45, 7) is 0. The van der Waals surface area contributed by atoms with Crippen LogP contribution < -0.4 is 0 Å². The quantitative estimate of drug-likeness (QED) is 0.672. The van der Waals surface area contributed by atoms with Gasteiger partial charge in [0.2, 0.25) is 0 Å². The van der Waals surface area contributed by atoms with Gasteiger partial charge in [0.15, 0.2) is 6.29 Å². The van der Waals surface area contributed by atoms with Crippen LogP contribution in [0.5, 0.6) is 0 Å². The minimum Gasteiger partial charge on any atom is -0.299 e. The number of hydrogen-bond donors (Lipinski definition) is 0. The van der Waals surface area contributed by atoms with E-state index in [1.807, 2.05) is 0 Å². The molecular weight excluding hydrogens is 281 g/mol. The molecule has 0 fully saturated rings. The van der Waals surface area contributed by atoms with Gasteiger partial charge in [-0.1, -0.05) is 12.1 Å². The van der Waals surface area contributed by atoms with Gasteiger partial charge in [-0.2, -0.15) is 13.2 Å². The van der Waals surface area contributed by atoms with Crippen LogP contribution in [0.3, 0.4) is 0 Å². The number of pyridine rings is 1. The van der Waals surface area contributed by atoms with Crippen molar-refractivity contribution in [2.24, 2.45) is 0 Å². The van der Waals surface area contributed by atoms with Gasteiger partial charge in [0.25, 0.3) is 0 Å². The molecule has 0 aliphatic carbocycles. The van der Waals surface area contributed by atoms with Gasteiger partial charge in [-0.3, -0.25) is 9.20 Å². The zero-order valence-corrected chi connectivity index (χ0v) is 10.6. The molecule has 0 N–H and O–H groups in total. The van der Waals surface area contributed by atoms with Gasteiger partial charge < -0.3 is 0 Å². The molecule has 0 spiro atoms. The van der Waals surface area contributed by atoms with Gasteiger partial charge in [-0.15, -0.1) is 0 Å². The number of carbonyl (C=O) groups is 1. The molecule has 0 bridgehead atoms. The van der Waals surface area contributed by atoms with E-state index in [9.17, 15) is 18.0 Å². The molecule has 0 amide bonds. The highest BCUT2D eigenvalue weighted by molar-refractivity contribution is 5.85. The fourth-order valence-electron chi connectivity index (χ4n) is 2.17. The summed E-state index contributed by atoms with van der Waals surface area (Å²) in [7, 11) is 0. The number of carbonyl (C=O) groups excluding carboxylic acids is 1. The minimum absolute atomic E-state index is 0.427. The normalized spacial score (nSPS) is 11.8. The van der Waals surface area contributed by atoms with Crippen LogP contribution in [-0.4, -0.2) is 15.7 Å². The summed E-state index contributed by atoms with van der Waals surface area (Å²) < 4.78 is 39.3. The van der Waals surface area contributed by atoms with Crippen LogP contribution in [0.1, 0.15) is 15.9 Å². The third-order valence-corrected chi connectivity index (χ3v) is 3.20. The Balaban J connectivity index is 2.11. The van der Waals surface area contributed by atoms with Crippen molar-refractivity contribution >= 4 is 11.9 Å². The number of hydrogen-bond acceptors (Lipinski definition) is 2. The molecule has 0 atom stereocenters. The Morgan fingerprint density at radius 1 is 1.10 bits per heavy atom. The molecular formula is C15H9F3N2O. The molecule has 3 nitrogen and oxygen atoms in total. The molecule has 0 saturated heterocycles. The Bertz CT molecular complexity index is 804. The van der Waals surface area contributed by atoms with E-state index in [0.717, 1.165) is 12.1 Å². The molecule has 1 aromatic carbocycles. The molecule has 3 aromatic rings. The Morgan fingerprint density at radius 2 is 1.81 bits per heavy atom. The monoisotopic (exact) mass is 290 g/mol. The topological polar surface area (TPSA) is 34.4 Å². The molecule has 0 aliphatic heterocycles. The van der Waals surface area contributed by atoms with Gasteiger partial charge in [0.05, 0.1) is 23.0 Å². The van der Waals surface area contributed by atoms with E-state index in [1.165, 1.54) is 18.3 Å². The smallest absolute Gasteiger partial charge is 0.299 e. The van der Waals surface area contributed by atoms with Crippen molar-refractivity contribution in [2.75, 3.05) is 0 Å². The highest BCUT2D eigenvalue weighted by atomic mass is 19.4. The van der Waals surface area contributed by atoms with Crippen LogP contribution in [0.2, 0.25) is 0 Å². The number of nitrogens with zero attached hydrogens (tertiary/aromatic N) is 2. The zero-order chi connectivity index (χ0) is 15.0. The number of aldehydes is 1. The summed E-state index contributed by atoms with van der Waals surface area (Å²) in [6.07, 6.45) is -0.422. The van der Waals surface area contributed by atoms with Crippen molar-refractivity contribution in [2.45, 2.75) is 6.18 Å². The summed E-state index contributed by atoms with van der Waals surface area (Å²) in [4.78, 5) is 15.1. The number of rotatable bonds is 2. The summed E-state index contributed by atoms with van der Waals surface area (Å²) >= 11 is 0. The average molecular weight is 290 g/mol. The molecule has 0 saturated carbocycles. The SMILES string of the molecule is O=Cc1cccn2c(-c3ccc(C(F)(F)F)cc3)cnc12. The van der Waals surface area contributed by atoms with E-state index in [4.69, 9.17) is 0 Å². The second-order valence-corrected chi connectivity index (χ2v) is 4.49. The van der Waals surface area contributed by atoms with Crippen LogP contribution >= 0.6 is 0 Å². The van der Waals surface area contributed by atoms with Crippen molar-refractivity contribution in [3.8, 4) is 11.3 Å².